The molecule has 0 amide bonds. The van der Waals surface area contributed by atoms with Crippen molar-refractivity contribution in [2.45, 2.75) is 99.3 Å². The fourth-order valence-electron chi connectivity index (χ4n) is 6.42. The minimum absolute atomic E-state index is 0.641. The minimum atomic E-state index is 0.641. The van der Waals surface area contributed by atoms with Crippen molar-refractivity contribution in [3.63, 3.8) is 0 Å². The number of hydrogen-bond donors (Lipinski definition) is 0. The first-order chi connectivity index (χ1) is 23.2. The molecule has 6 rings (SSSR count). The summed E-state index contributed by atoms with van der Waals surface area (Å²) >= 11 is 0. The molecule has 0 saturated heterocycles. The normalized spacial score (nSPS) is 16.6. The van der Waals surface area contributed by atoms with Crippen molar-refractivity contribution in [3.8, 4) is 11.1 Å². The molecular weight excluding hydrogens is 577 g/mol. The van der Waals surface area contributed by atoms with Crippen molar-refractivity contribution in [2.24, 2.45) is 5.92 Å². The molecule has 0 spiro atoms. The Balaban J connectivity index is 0.000000163. The number of allylic oxidation sites excluding steroid dienone is 8. The molecule has 0 aliphatic heterocycles. The van der Waals surface area contributed by atoms with Crippen LogP contribution >= 0.6 is 0 Å². The van der Waals surface area contributed by atoms with E-state index in [4.69, 9.17) is 0 Å². The van der Waals surface area contributed by atoms with Gasteiger partial charge in [0.05, 0.1) is 0 Å². The molecule has 4 aromatic rings. The Hall–Kier alpha value is -4.16. The maximum Gasteiger partial charge on any atom is -0.0150 e. The number of rotatable bonds is 7. The quantitative estimate of drug-likeness (QED) is 0.190. The first kappa shape index (κ1) is 36.7. The molecule has 48 heavy (non-hydrogen) atoms. The molecule has 0 heteroatoms. The largest absolute Gasteiger partial charge is 0.0836 e. The molecule has 0 heterocycles. The Labute approximate surface area is 293 Å². The molecule has 0 bridgehead atoms. The smallest absolute Gasteiger partial charge is 0.0150 e. The van der Waals surface area contributed by atoms with E-state index in [1.54, 1.807) is 0 Å². The zero-order valence-electron chi connectivity index (χ0n) is 30.9. The van der Waals surface area contributed by atoms with E-state index >= 15 is 0 Å². The molecular formula is C48H58. The third kappa shape index (κ3) is 9.93. The fraction of sp³-hybridized carbons (Fsp3) is 0.333. The van der Waals surface area contributed by atoms with Crippen LogP contribution in [0.15, 0.2) is 133 Å². The van der Waals surface area contributed by atoms with Gasteiger partial charge in [0.15, 0.2) is 0 Å². The van der Waals surface area contributed by atoms with Crippen molar-refractivity contribution in [2.75, 3.05) is 0 Å². The summed E-state index contributed by atoms with van der Waals surface area (Å²) in [6.45, 7) is 18.0. The van der Waals surface area contributed by atoms with E-state index in [1.165, 1.54) is 93.3 Å². The van der Waals surface area contributed by atoms with E-state index < -0.39 is 0 Å². The van der Waals surface area contributed by atoms with Crippen LogP contribution in [0.25, 0.3) is 22.3 Å². The van der Waals surface area contributed by atoms with Gasteiger partial charge in [0.2, 0.25) is 0 Å². The zero-order chi connectivity index (χ0) is 34.5. The molecule has 3 unspecified atom stereocenters. The van der Waals surface area contributed by atoms with Crippen LogP contribution in [0.4, 0.5) is 0 Å². The van der Waals surface area contributed by atoms with E-state index in [-0.39, 0.29) is 0 Å². The van der Waals surface area contributed by atoms with Crippen LogP contribution in [0.5, 0.6) is 0 Å². The summed E-state index contributed by atoms with van der Waals surface area (Å²) in [4.78, 5) is 0. The Morgan fingerprint density at radius 2 is 1.21 bits per heavy atom. The van der Waals surface area contributed by atoms with Crippen LogP contribution in [0, 0.1) is 19.8 Å². The van der Waals surface area contributed by atoms with Crippen molar-refractivity contribution in [3.05, 3.63) is 166 Å². The van der Waals surface area contributed by atoms with Gasteiger partial charge in [-0.25, -0.2) is 0 Å². The highest BCUT2D eigenvalue weighted by atomic mass is 14.2. The summed E-state index contributed by atoms with van der Waals surface area (Å²) in [5.74, 6) is 2.00. The SMILES string of the molecule is CCC(C)c1ccc(C2=CCC(C)C=C2)cc1.CCC(C)c1ccccc1C1=C(C)CCC=C1.Cc1ccccc1-c1ccccc1C. The van der Waals surface area contributed by atoms with Crippen LogP contribution in [0.1, 0.15) is 119 Å². The highest BCUT2D eigenvalue weighted by Crippen LogP contribution is 2.33. The maximum atomic E-state index is 2.35. The van der Waals surface area contributed by atoms with E-state index in [2.05, 4.69) is 183 Å². The van der Waals surface area contributed by atoms with Gasteiger partial charge < -0.3 is 0 Å². The molecule has 250 valence electrons. The van der Waals surface area contributed by atoms with Crippen molar-refractivity contribution >= 4 is 11.1 Å². The number of aryl methyl sites for hydroxylation is 2. The van der Waals surface area contributed by atoms with Crippen molar-refractivity contribution in [1.29, 1.82) is 0 Å². The summed E-state index contributed by atoms with van der Waals surface area (Å²) in [6.07, 6.45) is 17.5. The monoisotopic (exact) mass is 634 g/mol. The van der Waals surface area contributed by atoms with Gasteiger partial charge >= 0.3 is 0 Å². The predicted molar refractivity (Wildman–Crippen MR) is 214 cm³/mol. The van der Waals surface area contributed by atoms with Crippen LogP contribution < -0.4 is 0 Å². The van der Waals surface area contributed by atoms with E-state index in [0.29, 0.717) is 17.8 Å². The first-order valence-electron chi connectivity index (χ1n) is 18.3. The molecule has 0 fully saturated rings. The lowest BCUT2D eigenvalue weighted by Crippen LogP contribution is -2.00. The van der Waals surface area contributed by atoms with Gasteiger partial charge in [-0.05, 0) is 126 Å². The van der Waals surface area contributed by atoms with Gasteiger partial charge in [-0.2, -0.15) is 0 Å². The van der Waals surface area contributed by atoms with Gasteiger partial charge in [0.25, 0.3) is 0 Å². The van der Waals surface area contributed by atoms with Gasteiger partial charge in [0.1, 0.15) is 0 Å². The third-order valence-corrected chi connectivity index (χ3v) is 10.1. The van der Waals surface area contributed by atoms with Crippen LogP contribution in [-0.2, 0) is 0 Å². The molecule has 0 radical (unpaired) electrons. The average Bonchev–Trinajstić information content (AvgIpc) is 3.13. The average molecular weight is 635 g/mol. The number of hydrogen-bond acceptors (Lipinski definition) is 0. The highest BCUT2D eigenvalue weighted by molar-refractivity contribution is 5.79. The molecule has 0 aromatic heterocycles. The van der Waals surface area contributed by atoms with E-state index in [0.717, 1.165) is 0 Å². The van der Waals surface area contributed by atoms with Gasteiger partial charge in [-0.3, -0.25) is 0 Å². The molecule has 0 nitrogen and oxygen atoms in total. The predicted octanol–water partition coefficient (Wildman–Crippen LogP) is 14.5. The lowest BCUT2D eigenvalue weighted by atomic mass is 9.86. The maximum absolute atomic E-state index is 2.35. The Morgan fingerprint density at radius 3 is 1.73 bits per heavy atom. The molecule has 3 atom stereocenters. The van der Waals surface area contributed by atoms with Crippen LogP contribution in [-0.4, -0.2) is 0 Å². The highest BCUT2D eigenvalue weighted by Gasteiger charge is 2.14. The standard InChI is InChI=1S/2C17H22.C14H14/c1-4-14(3)15-9-11-17(12-10-15)16-7-5-13(2)6-8-16;1-4-13(2)15-10-7-8-12-17(15)16-11-6-5-9-14(16)3;1-11-7-3-5-9-13(11)14-10-6-4-8-12(14)2/h5,7-14H,4,6H2,1-3H3;6-8,10-13H,4-5,9H2,1-3H3;3-10H,1-2H3. The second kappa shape index (κ2) is 18.4. The third-order valence-electron chi connectivity index (χ3n) is 10.1. The lowest BCUT2D eigenvalue weighted by molar-refractivity contribution is 0.731. The molecule has 2 aliphatic rings. The summed E-state index contributed by atoms with van der Waals surface area (Å²) in [6, 6.07) is 34.9. The first-order valence-corrected chi connectivity index (χ1v) is 18.3. The minimum Gasteiger partial charge on any atom is -0.0836 e. The van der Waals surface area contributed by atoms with Gasteiger partial charge in [-0.1, -0.05) is 168 Å². The lowest BCUT2D eigenvalue weighted by Gasteiger charge is -2.19. The molecule has 0 N–H and O–H groups in total. The summed E-state index contributed by atoms with van der Waals surface area (Å²) in [5, 5.41) is 0. The Kier molecular flexibility index (Phi) is 14.1. The van der Waals surface area contributed by atoms with Crippen LogP contribution in [0.2, 0.25) is 0 Å². The fourth-order valence-corrected chi connectivity index (χ4v) is 6.42. The molecule has 0 saturated carbocycles. The van der Waals surface area contributed by atoms with Crippen molar-refractivity contribution < 1.29 is 0 Å². The van der Waals surface area contributed by atoms with Gasteiger partial charge in [0, 0.05) is 0 Å². The Bertz CT molecular complexity index is 1680. The van der Waals surface area contributed by atoms with E-state index in [1.807, 2.05) is 0 Å². The van der Waals surface area contributed by atoms with Crippen LogP contribution in [0.3, 0.4) is 0 Å². The summed E-state index contributed by atoms with van der Waals surface area (Å²) in [7, 11) is 0. The summed E-state index contributed by atoms with van der Waals surface area (Å²) in [5.41, 5.74) is 15.4. The van der Waals surface area contributed by atoms with Crippen molar-refractivity contribution in [1.82, 2.24) is 0 Å². The second-order valence-electron chi connectivity index (χ2n) is 13.8. The van der Waals surface area contributed by atoms with Gasteiger partial charge in [-0.15, -0.1) is 0 Å². The van der Waals surface area contributed by atoms with E-state index in [9.17, 15) is 0 Å². The summed E-state index contributed by atoms with van der Waals surface area (Å²) < 4.78 is 0. The topological polar surface area (TPSA) is 0 Å². The Morgan fingerprint density at radius 1 is 0.646 bits per heavy atom. The number of benzene rings is 4. The second-order valence-corrected chi connectivity index (χ2v) is 13.8. The molecule has 4 aromatic carbocycles. The molecule has 2 aliphatic carbocycles. The zero-order valence-corrected chi connectivity index (χ0v) is 30.9.